The smallest absolute Gasteiger partial charge is 0.123 e. The summed E-state index contributed by atoms with van der Waals surface area (Å²) >= 11 is 0. The summed E-state index contributed by atoms with van der Waals surface area (Å²) in [7, 11) is 0. The highest BCUT2D eigenvalue weighted by molar-refractivity contribution is 5.40. The number of fused-ring (bicyclic) bond motifs is 1. The van der Waals surface area contributed by atoms with E-state index in [4.69, 9.17) is 4.74 Å². The van der Waals surface area contributed by atoms with Crippen LogP contribution in [0.2, 0.25) is 0 Å². The largest absolute Gasteiger partial charge is 0.488 e. The van der Waals surface area contributed by atoms with Crippen LogP contribution in [-0.2, 0) is 19.5 Å². The predicted molar refractivity (Wildman–Crippen MR) is 83.5 cm³/mol. The zero-order valence-electron chi connectivity index (χ0n) is 12.8. The molecule has 2 aromatic rings. The quantitative estimate of drug-likeness (QED) is 0.829. The van der Waals surface area contributed by atoms with Crippen LogP contribution in [0.4, 0.5) is 0 Å². The molecule has 1 aromatic heterocycles. The molecule has 0 saturated carbocycles. The average molecular weight is 285 g/mol. The minimum absolute atomic E-state index is 0.215. The number of imidazole rings is 1. The number of ether oxygens (including phenoxy) is 1. The molecule has 1 aromatic carbocycles. The maximum atomic E-state index is 6.01. The van der Waals surface area contributed by atoms with Gasteiger partial charge in [-0.1, -0.05) is 24.6 Å². The van der Waals surface area contributed by atoms with Gasteiger partial charge >= 0.3 is 0 Å². The van der Waals surface area contributed by atoms with Gasteiger partial charge in [0.1, 0.15) is 11.9 Å². The summed E-state index contributed by atoms with van der Waals surface area (Å²) in [4.78, 5) is 4.44. The Kier molecular flexibility index (Phi) is 4.25. The second kappa shape index (κ2) is 6.31. The summed E-state index contributed by atoms with van der Waals surface area (Å²) in [6, 6.07) is 6.41. The number of hydrogen-bond acceptors (Lipinski definition) is 3. The van der Waals surface area contributed by atoms with Gasteiger partial charge in [0.05, 0.1) is 18.6 Å². The van der Waals surface area contributed by atoms with Crippen molar-refractivity contribution in [3.05, 3.63) is 47.5 Å². The summed E-state index contributed by atoms with van der Waals surface area (Å²) in [5.41, 5.74) is 3.71. The molecule has 0 bridgehead atoms. The maximum absolute atomic E-state index is 6.01. The maximum Gasteiger partial charge on any atom is 0.123 e. The molecule has 112 valence electrons. The number of aryl methyl sites for hydroxylation is 1. The van der Waals surface area contributed by atoms with E-state index in [-0.39, 0.29) is 6.10 Å². The first-order chi connectivity index (χ1) is 10.2. The van der Waals surface area contributed by atoms with Gasteiger partial charge in [0.25, 0.3) is 0 Å². The van der Waals surface area contributed by atoms with Crippen LogP contribution in [0.5, 0.6) is 5.75 Å². The molecule has 0 saturated heterocycles. The number of aromatic nitrogens is 2. The second-order valence-electron chi connectivity index (χ2n) is 5.79. The lowest BCUT2D eigenvalue weighted by molar-refractivity contribution is 0.209. The molecule has 0 spiro atoms. The monoisotopic (exact) mass is 285 g/mol. The zero-order valence-corrected chi connectivity index (χ0v) is 12.8. The molecule has 1 unspecified atom stereocenters. The molecule has 1 atom stereocenters. The molecule has 0 radical (unpaired) electrons. The highest BCUT2D eigenvalue weighted by Crippen LogP contribution is 2.30. The zero-order chi connectivity index (χ0) is 14.7. The fourth-order valence-corrected chi connectivity index (χ4v) is 2.78. The minimum atomic E-state index is 0.215. The highest BCUT2D eigenvalue weighted by atomic mass is 16.5. The highest BCUT2D eigenvalue weighted by Gasteiger charge is 2.23. The molecule has 0 fully saturated rings. The number of rotatable bonds is 6. The fraction of sp³-hybridized carbons (Fsp3) is 0.471. The molecule has 0 amide bonds. The molecule has 0 aliphatic carbocycles. The lowest BCUT2D eigenvalue weighted by Crippen LogP contribution is -2.20. The van der Waals surface area contributed by atoms with Gasteiger partial charge in [-0.2, -0.15) is 0 Å². The molecular formula is C17H23N3O. The Morgan fingerprint density at radius 1 is 1.43 bits per heavy atom. The average Bonchev–Trinajstić information content (AvgIpc) is 3.05. The molecule has 21 heavy (non-hydrogen) atoms. The van der Waals surface area contributed by atoms with Crippen molar-refractivity contribution in [3.8, 4) is 5.75 Å². The van der Waals surface area contributed by atoms with Crippen molar-refractivity contribution < 1.29 is 4.74 Å². The number of nitrogens with one attached hydrogen (secondary N) is 1. The van der Waals surface area contributed by atoms with E-state index in [1.807, 2.05) is 6.33 Å². The van der Waals surface area contributed by atoms with E-state index in [1.54, 1.807) is 0 Å². The Balaban J connectivity index is 1.56. The first-order valence-electron chi connectivity index (χ1n) is 7.72. The normalized spacial score (nSPS) is 16.8. The minimum Gasteiger partial charge on any atom is -0.488 e. The first-order valence-corrected chi connectivity index (χ1v) is 7.72. The SMILES string of the molecule is CCCNCc1cn(CC2Cc3cc(C)ccc3O2)cn1. The Morgan fingerprint density at radius 3 is 3.19 bits per heavy atom. The van der Waals surface area contributed by atoms with Gasteiger partial charge in [-0.15, -0.1) is 0 Å². The van der Waals surface area contributed by atoms with Crippen LogP contribution < -0.4 is 10.1 Å². The van der Waals surface area contributed by atoms with Crippen LogP contribution in [0.25, 0.3) is 0 Å². The van der Waals surface area contributed by atoms with Gasteiger partial charge in [0, 0.05) is 19.2 Å². The molecule has 1 N–H and O–H groups in total. The van der Waals surface area contributed by atoms with E-state index >= 15 is 0 Å². The van der Waals surface area contributed by atoms with Crippen molar-refractivity contribution in [3.63, 3.8) is 0 Å². The fourth-order valence-electron chi connectivity index (χ4n) is 2.78. The number of nitrogens with zero attached hydrogens (tertiary/aromatic N) is 2. The Labute approximate surface area is 126 Å². The lowest BCUT2D eigenvalue weighted by atomic mass is 10.1. The Hall–Kier alpha value is -1.81. The molecule has 2 heterocycles. The third-order valence-corrected chi connectivity index (χ3v) is 3.79. The van der Waals surface area contributed by atoms with E-state index in [2.05, 4.69) is 53.1 Å². The van der Waals surface area contributed by atoms with E-state index in [9.17, 15) is 0 Å². The Morgan fingerprint density at radius 2 is 2.33 bits per heavy atom. The van der Waals surface area contributed by atoms with Gasteiger partial charge in [-0.3, -0.25) is 0 Å². The summed E-state index contributed by atoms with van der Waals surface area (Å²) < 4.78 is 8.14. The van der Waals surface area contributed by atoms with Crippen LogP contribution >= 0.6 is 0 Å². The summed E-state index contributed by atoms with van der Waals surface area (Å²) in [6.07, 6.45) is 6.36. The van der Waals surface area contributed by atoms with Gasteiger partial charge in [0.2, 0.25) is 0 Å². The third kappa shape index (κ3) is 3.45. The van der Waals surface area contributed by atoms with Gasteiger partial charge in [0.15, 0.2) is 0 Å². The molecular weight excluding hydrogens is 262 g/mol. The van der Waals surface area contributed by atoms with Crippen LogP contribution in [-0.4, -0.2) is 22.2 Å². The molecule has 1 aliphatic rings. The van der Waals surface area contributed by atoms with E-state index in [0.29, 0.717) is 0 Å². The number of hydrogen-bond donors (Lipinski definition) is 1. The number of benzene rings is 1. The van der Waals surface area contributed by atoms with Crippen molar-refractivity contribution in [1.29, 1.82) is 0 Å². The van der Waals surface area contributed by atoms with Crippen LogP contribution in [0.3, 0.4) is 0 Å². The lowest BCUT2D eigenvalue weighted by Gasteiger charge is -2.10. The van der Waals surface area contributed by atoms with Crippen LogP contribution in [0.15, 0.2) is 30.7 Å². The summed E-state index contributed by atoms with van der Waals surface area (Å²) in [5.74, 6) is 1.04. The third-order valence-electron chi connectivity index (χ3n) is 3.79. The van der Waals surface area contributed by atoms with Gasteiger partial charge < -0.3 is 14.6 Å². The molecule has 3 rings (SSSR count). The second-order valence-corrected chi connectivity index (χ2v) is 5.79. The summed E-state index contributed by atoms with van der Waals surface area (Å²) in [6.45, 7) is 7.02. The summed E-state index contributed by atoms with van der Waals surface area (Å²) in [5, 5.41) is 3.37. The van der Waals surface area contributed by atoms with Crippen molar-refractivity contribution in [2.45, 2.75) is 45.9 Å². The predicted octanol–water partition coefficient (Wildman–Crippen LogP) is 2.69. The van der Waals surface area contributed by atoms with E-state index < -0.39 is 0 Å². The van der Waals surface area contributed by atoms with Crippen molar-refractivity contribution >= 4 is 0 Å². The van der Waals surface area contributed by atoms with E-state index in [0.717, 1.165) is 43.9 Å². The van der Waals surface area contributed by atoms with E-state index in [1.165, 1.54) is 11.1 Å². The van der Waals surface area contributed by atoms with Crippen LogP contribution in [0, 0.1) is 6.92 Å². The van der Waals surface area contributed by atoms with Gasteiger partial charge in [-0.25, -0.2) is 4.98 Å². The topological polar surface area (TPSA) is 39.1 Å². The van der Waals surface area contributed by atoms with Crippen molar-refractivity contribution in [2.24, 2.45) is 0 Å². The van der Waals surface area contributed by atoms with Crippen molar-refractivity contribution in [1.82, 2.24) is 14.9 Å². The Bertz CT molecular complexity index is 606. The standard InChI is InChI=1S/C17H23N3O/c1-3-6-18-9-15-10-20(12-19-15)11-16-8-14-7-13(2)4-5-17(14)21-16/h4-5,7,10,12,16,18H,3,6,8-9,11H2,1-2H3. The molecule has 4 heteroatoms. The van der Waals surface area contributed by atoms with Crippen LogP contribution in [0.1, 0.15) is 30.2 Å². The van der Waals surface area contributed by atoms with Crippen molar-refractivity contribution in [2.75, 3.05) is 6.54 Å². The molecule has 4 nitrogen and oxygen atoms in total. The first kappa shape index (κ1) is 14.1. The van der Waals surface area contributed by atoms with Gasteiger partial charge in [-0.05, 0) is 31.5 Å². The molecule has 1 aliphatic heterocycles.